The fraction of sp³-hybridized carbons (Fsp3) is 0.833. The van der Waals surface area contributed by atoms with Crippen LogP contribution in [0.3, 0.4) is 0 Å². The van der Waals surface area contributed by atoms with Crippen molar-refractivity contribution in [2.24, 2.45) is 5.92 Å². The number of aliphatic carboxylic acids is 1. The summed E-state index contributed by atoms with van der Waals surface area (Å²) >= 11 is 1.60. The molecule has 0 aromatic heterocycles. The molecule has 0 aromatic carbocycles. The topological polar surface area (TPSA) is 66.4 Å². The SMILES string of the molecule is CSCC[C@@H](NC(=O)C1CCCCC1)C(=O)O. The summed E-state index contributed by atoms with van der Waals surface area (Å²) in [5, 5.41) is 11.7. The molecule has 17 heavy (non-hydrogen) atoms. The third-order valence-corrected chi connectivity index (χ3v) is 3.85. The summed E-state index contributed by atoms with van der Waals surface area (Å²) in [6.45, 7) is 0. The monoisotopic (exact) mass is 259 g/mol. The minimum Gasteiger partial charge on any atom is -0.480 e. The molecule has 1 amide bonds. The predicted molar refractivity (Wildman–Crippen MR) is 69.1 cm³/mol. The van der Waals surface area contributed by atoms with Crippen molar-refractivity contribution in [3.63, 3.8) is 0 Å². The zero-order valence-electron chi connectivity index (χ0n) is 10.3. The molecule has 0 aliphatic heterocycles. The molecule has 0 aromatic rings. The van der Waals surface area contributed by atoms with Crippen molar-refractivity contribution in [2.45, 2.75) is 44.6 Å². The van der Waals surface area contributed by atoms with Gasteiger partial charge in [-0.2, -0.15) is 11.8 Å². The number of carbonyl (C=O) groups excluding carboxylic acids is 1. The van der Waals surface area contributed by atoms with Crippen molar-refractivity contribution < 1.29 is 14.7 Å². The van der Waals surface area contributed by atoms with Gasteiger partial charge in [0.15, 0.2) is 0 Å². The Morgan fingerprint density at radius 2 is 2.00 bits per heavy atom. The van der Waals surface area contributed by atoms with E-state index < -0.39 is 12.0 Å². The lowest BCUT2D eigenvalue weighted by Crippen LogP contribution is -2.44. The zero-order valence-corrected chi connectivity index (χ0v) is 11.1. The van der Waals surface area contributed by atoms with Gasteiger partial charge in [0.25, 0.3) is 0 Å². The van der Waals surface area contributed by atoms with Crippen molar-refractivity contribution in [2.75, 3.05) is 12.0 Å². The number of carbonyl (C=O) groups is 2. The number of rotatable bonds is 6. The summed E-state index contributed by atoms with van der Waals surface area (Å²) in [6, 6.07) is -0.725. The average Bonchev–Trinajstić information content (AvgIpc) is 2.35. The van der Waals surface area contributed by atoms with Gasteiger partial charge in [0.2, 0.25) is 5.91 Å². The van der Waals surface area contributed by atoms with Crippen LogP contribution in [-0.4, -0.2) is 35.0 Å². The molecule has 0 radical (unpaired) electrons. The number of carboxylic acids is 1. The van der Waals surface area contributed by atoms with E-state index in [0.29, 0.717) is 6.42 Å². The lowest BCUT2D eigenvalue weighted by molar-refractivity contribution is -0.142. The molecule has 1 fully saturated rings. The molecule has 1 aliphatic rings. The molecule has 1 aliphatic carbocycles. The molecule has 0 unspecified atom stereocenters. The highest BCUT2D eigenvalue weighted by Crippen LogP contribution is 2.23. The van der Waals surface area contributed by atoms with Crippen LogP contribution in [0.2, 0.25) is 0 Å². The van der Waals surface area contributed by atoms with Crippen molar-refractivity contribution in [3.8, 4) is 0 Å². The summed E-state index contributed by atoms with van der Waals surface area (Å²) in [5.41, 5.74) is 0. The molecule has 4 nitrogen and oxygen atoms in total. The molecule has 98 valence electrons. The molecule has 1 rings (SSSR count). The number of hydrogen-bond acceptors (Lipinski definition) is 3. The Balaban J connectivity index is 2.42. The summed E-state index contributed by atoms with van der Waals surface area (Å²) in [5.74, 6) is -0.219. The first-order valence-corrected chi connectivity index (χ1v) is 7.56. The first kappa shape index (κ1) is 14.4. The van der Waals surface area contributed by atoms with Crippen LogP contribution in [0.25, 0.3) is 0 Å². The van der Waals surface area contributed by atoms with Crippen LogP contribution in [0, 0.1) is 5.92 Å². The van der Waals surface area contributed by atoms with Crippen LogP contribution in [0.15, 0.2) is 0 Å². The Morgan fingerprint density at radius 3 is 2.53 bits per heavy atom. The van der Waals surface area contributed by atoms with Gasteiger partial charge in [-0.15, -0.1) is 0 Å². The lowest BCUT2D eigenvalue weighted by atomic mass is 9.88. The molecule has 1 atom stereocenters. The third-order valence-electron chi connectivity index (χ3n) is 3.20. The van der Waals surface area contributed by atoms with E-state index in [9.17, 15) is 9.59 Å². The van der Waals surface area contributed by atoms with E-state index in [4.69, 9.17) is 5.11 Å². The van der Waals surface area contributed by atoms with Gasteiger partial charge < -0.3 is 10.4 Å². The molecule has 0 bridgehead atoms. The van der Waals surface area contributed by atoms with E-state index in [-0.39, 0.29) is 11.8 Å². The predicted octanol–water partition coefficient (Wildman–Crippen LogP) is 1.89. The van der Waals surface area contributed by atoms with Crippen LogP contribution < -0.4 is 5.32 Å². The molecule has 5 heteroatoms. The Morgan fingerprint density at radius 1 is 1.35 bits per heavy atom. The Bertz CT molecular complexity index is 264. The molecular formula is C12H21NO3S. The second-order valence-electron chi connectivity index (χ2n) is 4.52. The highest BCUT2D eigenvalue weighted by Gasteiger charge is 2.25. The van der Waals surface area contributed by atoms with Crippen molar-refractivity contribution in [1.82, 2.24) is 5.32 Å². The Hall–Kier alpha value is -0.710. The summed E-state index contributed by atoms with van der Waals surface area (Å²) in [7, 11) is 0. The van der Waals surface area contributed by atoms with Crippen molar-refractivity contribution >= 4 is 23.6 Å². The second-order valence-corrected chi connectivity index (χ2v) is 5.50. The van der Waals surface area contributed by atoms with E-state index >= 15 is 0 Å². The van der Waals surface area contributed by atoms with Gasteiger partial charge in [-0.1, -0.05) is 19.3 Å². The van der Waals surface area contributed by atoms with Crippen LogP contribution in [-0.2, 0) is 9.59 Å². The summed E-state index contributed by atoms with van der Waals surface area (Å²) in [4.78, 5) is 22.9. The van der Waals surface area contributed by atoms with Crippen LogP contribution in [0.5, 0.6) is 0 Å². The number of thioether (sulfide) groups is 1. The Kier molecular flexibility index (Phi) is 6.40. The standard InChI is InChI=1S/C12H21NO3S/c1-17-8-7-10(12(15)16)13-11(14)9-5-3-2-4-6-9/h9-10H,2-8H2,1H3,(H,13,14)(H,15,16)/t10-/m1/s1. The van der Waals surface area contributed by atoms with Crippen LogP contribution in [0.4, 0.5) is 0 Å². The van der Waals surface area contributed by atoms with E-state index in [1.165, 1.54) is 6.42 Å². The summed E-state index contributed by atoms with van der Waals surface area (Å²) in [6.07, 6.45) is 7.60. The minimum absolute atomic E-state index is 0.0277. The highest BCUT2D eigenvalue weighted by atomic mass is 32.2. The van der Waals surface area contributed by atoms with E-state index in [2.05, 4.69) is 5.32 Å². The van der Waals surface area contributed by atoms with Gasteiger partial charge in [-0.25, -0.2) is 4.79 Å². The maximum atomic E-state index is 11.9. The van der Waals surface area contributed by atoms with Gasteiger partial charge in [-0.05, 0) is 31.3 Å². The number of amides is 1. The molecule has 0 spiro atoms. The first-order chi connectivity index (χ1) is 8.15. The minimum atomic E-state index is -0.928. The molecule has 0 heterocycles. The van der Waals surface area contributed by atoms with Gasteiger partial charge in [0.05, 0.1) is 0 Å². The van der Waals surface area contributed by atoms with Gasteiger partial charge in [0, 0.05) is 5.92 Å². The number of hydrogen-bond donors (Lipinski definition) is 2. The number of nitrogens with one attached hydrogen (secondary N) is 1. The molecule has 1 saturated carbocycles. The van der Waals surface area contributed by atoms with Gasteiger partial charge >= 0.3 is 5.97 Å². The summed E-state index contributed by atoms with van der Waals surface area (Å²) < 4.78 is 0. The fourth-order valence-electron chi connectivity index (χ4n) is 2.15. The van der Waals surface area contributed by atoms with E-state index in [1.54, 1.807) is 11.8 Å². The Labute approximate surface area is 107 Å². The van der Waals surface area contributed by atoms with Crippen molar-refractivity contribution in [1.29, 1.82) is 0 Å². The van der Waals surface area contributed by atoms with Gasteiger partial charge in [0.1, 0.15) is 6.04 Å². The lowest BCUT2D eigenvalue weighted by Gasteiger charge is -2.23. The van der Waals surface area contributed by atoms with Crippen molar-refractivity contribution in [3.05, 3.63) is 0 Å². The smallest absolute Gasteiger partial charge is 0.326 e. The first-order valence-electron chi connectivity index (χ1n) is 6.17. The normalized spacial score (nSPS) is 18.6. The van der Waals surface area contributed by atoms with E-state index in [1.807, 2.05) is 6.26 Å². The van der Waals surface area contributed by atoms with Crippen LogP contribution in [0.1, 0.15) is 38.5 Å². The van der Waals surface area contributed by atoms with Gasteiger partial charge in [-0.3, -0.25) is 4.79 Å². The molecule has 0 saturated heterocycles. The third kappa shape index (κ3) is 4.98. The largest absolute Gasteiger partial charge is 0.480 e. The zero-order chi connectivity index (χ0) is 12.7. The maximum absolute atomic E-state index is 11.9. The second kappa shape index (κ2) is 7.58. The molecule has 2 N–H and O–H groups in total. The fourth-order valence-corrected chi connectivity index (χ4v) is 2.62. The van der Waals surface area contributed by atoms with E-state index in [0.717, 1.165) is 31.4 Å². The van der Waals surface area contributed by atoms with Crippen LogP contribution >= 0.6 is 11.8 Å². The quantitative estimate of drug-likeness (QED) is 0.764. The molecular weight excluding hydrogens is 238 g/mol. The average molecular weight is 259 g/mol. The highest BCUT2D eigenvalue weighted by molar-refractivity contribution is 7.98. The number of carboxylic acid groups (broad SMARTS) is 1. The maximum Gasteiger partial charge on any atom is 0.326 e.